The Bertz CT molecular complexity index is 1180. The molecule has 0 fully saturated rings. The predicted molar refractivity (Wildman–Crippen MR) is 120 cm³/mol. The van der Waals surface area contributed by atoms with Gasteiger partial charge >= 0.3 is 5.97 Å². The van der Waals surface area contributed by atoms with E-state index in [0.717, 1.165) is 22.7 Å². The van der Waals surface area contributed by atoms with Gasteiger partial charge in [0.25, 0.3) is 0 Å². The van der Waals surface area contributed by atoms with Crippen LogP contribution in [0.3, 0.4) is 0 Å². The molecule has 3 rings (SSSR count). The lowest BCUT2D eigenvalue weighted by atomic mass is 9.85. The summed E-state index contributed by atoms with van der Waals surface area (Å²) in [5.74, 6) is -0.606. The Kier molecular flexibility index (Phi) is 6.27. The predicted octanol–water partition coefficient (Wildman–Crippen LogP) is 2.37. The number of nitrogens with zero attached hydrogens (tertiary/aromatic N) is 2. The molecule has 166 valence electrons. The summed E-state index contributed by atoms with van der Waals surface area (Å²) in [6, 6.07) is 3.27. The fraction of sp³-hybridized carbons (Fsp3) is 0.417. The standard InChI is InChI=1S/C24H30N2O5/c1-7-21(31-10-8-9-30-6)16-11-18-19-12-20(27)17(23(28)29)13-26(19)22(24(3,4)5)14-25(18)15(16)2/h7,11-13,22H,1-2,8-10,14H2,3-6H3,(H,28,29)/b21-16+. The van der Waals surface area contributed by atoms with E-state index in [0.29, 0.717) is 31.2 Å². The summed E-state index contributed by atoms with van der Waals surface area (Å²) in [7, 11) is 1.65. The minimum atomic E-state index is -1.22. The van der Waals surface area contributed by atoms with Gasteiger partial charge in [0.2, 0.25) is 0 Å². The summed E-state index contributed by atoms with van der Waals surface area (Å²) in [5.41, 5.74) is 0.537. The highest BCUT2D eigenvalue weighted by atomic mass is 16.5. The van der Waals surface area contributed by atoms with Gasteiger partial charge in [-0.1, -0.05) is 33.9 Å². The van der Waals surface area contributed by atoms with Crippen LogP contribution in [0, 0.1) is 5.41 Å². The lowest BCUT2D eigenvalue weighted by Gasteiger charge is -2.39. The zero-order valence-electron chi connectivity index (χ0n) is 18.6. The second-order valence-corrected chi connectivity index (χ2v) is 8.79. The van der Waals surface area contributed by atoms with Crippen LogP contribution in [0.25, 0.3) is 23.7 Å². The van der Waals surface area contributed by atoms with E-state index in [4.69, 9.17) is 9.47 Å². The van der Waals surface area contributed by atoms with E-state index in [1.54, 1.807) is 13.2 Å². The van der Waals surface area contributed by atoms with Gasteiger partial charge in [0.15, 0.2) is 5.43 Å². The van der Waals surface area contributed by atoms with Crippen LogP contribution >= 0.6 is 0 Å². The monoisotopic (exact) mass is 426 g/mol. The van der Waals surface area contributed by atoms with Gasteiger partial charge in [-0.3, -0.25) is 4.79 Å². The molecule has 1 aliphatic rings. The Morgan fingerprint density at radius 1 is 1.29 bits per heavy atom. The molecule has 1 atom stereocenters. The zero-order chi connectivity index (χ0) is 22.9. The maximum atomic E-state index is 12.5. The summed E-state index contributed by atoms with van der Waals surface area (Å²) in [6.07, 6.45) is 3.87. The van der Waals surface area contributed by atoms with Crippen molar-refractivity contribution in [3.05, 3.63) is 57.3 Å². The number of aromatic carboxylic acids is 1. The zero-order valence-corrected chi connectivity index (χ0v) is 18.6. The molecule has 2 aromatic heterocycles. The maximum absolute atomic E-state index is 12.5. The molecule has 0 amide bonds. The summed E-state index contributed by atoms with van der Waals surface area (Å²) < 4.78 is 15.0. The molecular weight excluding hydrogens is 396 g/mol. The van der Waals surface area contributed by atoms with Crippen LogP contribution in [0.2, 0.25) is 0 Å². The van der Waals surface area contributed by atoms with Crippen molar-refractivity contribution < 1.29 is 19.4 Å². The highest BCUT2D eigenvalue weighted by Crippen LogP contribution is 2.38. The average molecular weight is 427 g/mol. The first-order chi connectivity index (χ1) is 14.6. The van der Waals surface area contributed by atoms with Crippen molar-refractivity contribution in [2.45, 2.75) is 39.8 Å². The van der Waals surface area contributed by atoms with Crippen LogP contribution < -0.4 is 16.0 Å². The molecule has 0 aromatic carbocycles. The Morgan fingerprint density at radius 2 is 2.00 bits per heavy atom. The van der Waals surface area contributed by atoms with Gasteiger partial charge in [-0.2, -0.15) is 0 Å². The maximum Gasteiger partial charge on any atom is 0.341 e. The minimum Gasteiger partial charge on any atom is -0.493 e. The molecule has 2 aromatic rings. The van der Waals surface area contributed by atoms with E-state index in [1.807, 2.05) is 10.6 Å². The number of rotatable bonds is 7. The number of hydrogen-bond donors (Lipinski definition) is 1. The van der Waals surface area contributed by atoms with Crippen LogP contribution in [0.5, 0.6) is 0 Å². The Hall–Kier alpha value is -3.06. The van der Waals surface area contributed by atoms with Crippen LogP contribution in [-0.2, 0) is 16.0 Å². The first kappa shape index (κ1) is 22.6. The number of fused-ring (bicyclic) bond motifs is 3. The molecule has 3 heterocycles. The minimum absolute atomic E-state index is 0.0655. The van der Waals surface area contributed by atoms with Crippen molar-refractivity contribution >= 4 is 18.3 Å². The quantitative estimate of drug-likeness (QED) is 0.688. The highest BCUT2D eigenvalue weighted by molar-refractivity contribution is 5.87. The SMILES string of the molecule is C=C/C(OCCCOC)=c1/cc2n(c1=C)CC(C(C)(C)C)n1cc(C(=O)O)c(=O)cc1-2. The Morgan fingerprint density at radius 3 is 2.58 bits per heavy atom. The van der Waals surface area contributed by atoms with Crippen LogP contribution in [0.1, 0.15) is 43.6 Å². The van der Waals surface area contributed by atoms with Crippen molar-refractivity contribution in [1.29, 1.82) is 0 Å². The lowest BCUT2D eigenvalue weighted by molar-refractivity contribution is 0.0693. The van der Waals surface area contributed by atoms with Crippen LogP contribution in [0.15, 0.2) is 35.8 Å². The van der Waals surface area contributed by atoms with Crippen molar-refractivity contribution in [3.63, 3.8) is 0 Å². The number of aromatic nitrogens is 2. The fourth-order valence-electron chi connectivity index (χ4n) is 3.98. The summed E-state index contributed by atoms with van der Waals surface area (Å²) in [6.45, 7) is 16.1. The number of carbonyl (C=O) groups is 1. The number of methoxy groups -OCH3 is 1. The first-order valence-corrected chi connectivity index (χ1v) is 10.3. The second-order valence-electron chi connectivity index (χ2n) is 8.79. The summed E-state index contributed by atoms with van der Waals surface area (Å²) >= 11 is 0. The number of carboxylic acid groups (broad SMARTS) is 1. The van der Waals surface area contributed by atoms with E-state index in [-0.39, 0.29) is 17.0 Å². The van der Waals surface area contributed by atoms with Gasteiger partial charge in [0, 0.05) is 49.5 Å². The lowest BCUT2D eigenvalue weighted by Crippen LogP contribution is -2.39. The van der Waals surface area contributed by atoms with Gasteiger partial charge in [0.05, 0.1) is 24.0 Å². The molecule has 0 bridgehead atoms. The Labute approximate surface area is 181 Å². The third-order valence-electron chi connectivity index (χ3n) is 5.67. The molecule has 7 heteroatoms. The smallest absolute Gasteiger partial charge is 0.341 e. The third-order valence-corrected chi connectivity index (χ3v) is 5.67. The molecule has 1 unspecified atom stereocenters. The van der Waals surface area contributed by atoms with Crippen molar-refractivity contribution in [2.24, 2.45) is 5.41 Å². The molecule has 1 N–H and O–H groups in total. The molecule has 7 nitrogen and oxygen atoms in total. The number of carboxylic acids is 1. The van der Waals surface area contributed by atoms with Crippen molar-refractivity contribution in [1.82, 2.24) is 9.13 Å². The molecule has 31 heavy (non-hydrogen) atoms. The van der Waals surface area contributed by atoms with Crippen LogP contribution in [-0.4, -0.2) is 40.5 Å². The molecule has 0 radical (unpaired) electrons. The van der Waals surface area contributed by atoms with Crippen molar-refractivity contribution in [2.75, 3.05) is 20.3 Å². The Balaban J connectivity index is 2.23. The third kappa shape index (κ3) is 4.23. The van der Waals surface area contributed by atoms with E-state index < -0.39 is 11.4 Å². The summed E-state index contributed by atoms with van der Waals surface area (Å²) in [4.78, 5) is 24.1. The molecule has 0 saturated carbocycles. The van der Waals surface area contributed by atoms with Crippen molar-refractivity contribution in [3.8, 4) is 11.4 Å². The largest absolute Gasteiger partial charge is 0.493 e. The molecule has 0 spiro atoms. The summed E-state index contributed by atoms with van der Waals surface area (Å²) in [5, 5.41) is 11.0. The van der Waals surface area contributed by atoms with Gasteiger partial charge in [-0.15, -0.1) is 0 Å². The molecular formula is C24H30N2O5. The first-order valence-electron chi connectivity index (χ1n) is 10.3. The van der Waals surface area contributed by atoms with E-state index >= 15 is 0 Å². The van der Waals surface area contributed by atoms with Gasteiger partial charge in [-0.25, -0.2) is 4.79 Å². The molecule has 1 aliphatic heterocycles. The van der Waals surface area contributed by atoms with Crippen LogP contribution in [0.4, 0.5) is 0 Å². The van der Waals surface area contributed by atoms with E-state index in [1.165, 1.54) is 12.3 Å². The number of ether oxygens (including phenoxy) is 2. The number of hydrogen-bond acceptors (Lipinski definition) is 4. The topological polar surface area (TPSA) is 82.7 Å². The highest BCUT2D eigenvalue weighted by Gasteiger charge is 2.34. The van der Waals surface area contributed by atoms with Gasteiger partial charge in [-0.05, 0) is 17.6 Å². The van der Waals surface area contributed by atoms with Gasteiger partial charge < -0.3 is 23.7 Å². The fourth-order valence-corrected chi connectivity index (χ4v) is 3.98. The molecule has 0 saturated heterocycles. The van der Waals surface area contributed by atoms with E-state index in [9.17, 15) is 14.7 Å². The molecule has 0 aliphatic carbocycles. The normalized spacial score (nSPS) is 16.3. The number of pyridine rings is 1. The second kappa shape index (κ2) is 8.59. The average Bonchev–Trinajstić information content (AvgIpc) is 3.03. The van der Waals surface area contributed by atoms with Gasteiger partial charge in [0.1, 0.15) is 11.3 Å². The van der Waals surface area contributed by atoms with E-state index in [2.05, 4.69) is 38.5 Å².